The number of ether oxygens (including phenoxy) is 1. The maximum absolute atomic E-state index is 5.35. The molecule has 0 bridgehead atoms. The van der Waals surface area contributed by atoms with Crippen molar-refractivity contribution < 1.29 is 4.74 Å². The minimum atomic E-state index is -0.744. The Morgan fingerprint density at radius 1 is 1.30 bits per heavy atom. The van der Waals surface area contributed by atoms with Crippen LogP contribution < -0.4 is 0 Å². The summed E-state index contributed by atoms with van der Waals surface area (Å²) >= 11 is 0. The topological polar surface area (TPSA) is 9.23 Å². The van der Waals surface area contributed by atoms with E-state index in [1.807, 2.05) is 7.11 Å². The highest BCUT2D eigenvalue weighted by Gasteiger charge is 2.34. The SMILES string of the molecule is CC[P+](C)(CC)C(C)OC. The molecule has 0 aromatic heterocycles. The summed E-state index contributed by atoms with van der Waals surface area (Å²) in [6, 6.07) is 0. The molecule has 0 spiro atoms. The molecule has 0 saturated carbocycles. The molecule has 0 aliphatic carbocycles. The van der Waals surface area contributed by atoms with Gasteiger partial charge in [0.2, 0.25) is 0 Å². The molecule has 1 atom stereocenters. The van der Waals surface area contributed by atoms with Crippen LogP contribution in [0, 0.1) is 0 Å². The van der Waals surface area contributed by atoms with Gasteiger partial charge in [-0.3, -0.25) is 0 Å². The van der Waals surface area contributed by atoms with E-state index in [1.165, 1.54) is 12.3 Å². The molecule has 2 heteroatoms. The van der Waals surface area contributed by atoms with Crippen molar-refractivity contribution in [2.45, 2.75) is 26.6 Å². The summed E-state index contributed by atoms with van der Waals surface area (Å²) in [5.41, 5.74) is 0. The first-order valence-corrected chi connectivity index (χ1v) is 6.65. The molecule has 0 rings (SSSR count). The Kier molecular flexibility index (Phi) is 4.47. The van der Waals surface area contributed by atoms with Gasteiger partial charge in [-0.25, -0.2) is 0 Å². The fraction of sp³-hybridized carbons (Fsp3) is 1.00. The lowest BCUT2D eigenvalue weighted by molar-refractivity contribution is 0.180. The van der Waals surface area contributed by atoms with Gasteiger partial charge in [-0.1, -0.05) is 0 Å². The molecule has 0 N–H and O–H groups in total. The molecule has 1 unspecified atom stereocenters. The highest BCUT2D eigenvalue weighted by molar-refractivity contribution is 7.75. The molecule has 0 radical (unpaired) electrons. The van der Waals surface area contributed by atoms with E-state index in [9.17, 15) is 0 Å². The summed E-state index contributed by atoms with van der Waals surface area (Å²) in [6.45, 7) is 9.13. The van der Waals surface area contributed by atoms with Gasteiger partial charge in [0.15, 0.2) is 5.85 Å². The maximum Gasteiger partial charge on any atom is 0.163 e. The first-order valence-electron chi connectivity index (χ1n) is 3.97. The van der Waals surface area contributed by atoms with Crippen LogP contribution in [0.25, 0.3) is 0 Å². The average molecular weight is 163 g/mol. The third-order valence-electron chi connectivity index (χ3n) is 2.66. The van der Waals surface area contributed by atoms with E-state index in [2.05, 4.69) is 27.4 Å². The van der Waals surface area contributed by atoms with Gasteiger partial charge in [0.25, 0.3) is 0 Å². The molecular formula is C8H20OP+. The van der Waals surface area contributed by atoms with Gasteiger partial charge < -0.3 is 4.74 Å². The molecule has 0 saturated heterocycles. The van der Waals surface area contributed by atoms with Gasteiger partial charge in [-0.2, -0.15) is 0 Å². The van der Waals surface area contributed by atoms with Crippen LogP contribution in [0.15, 0.2) is 0 Å². The lowest BCUT2D eigenvalue weighted by Gasteiger charge is -2.25. The molecule has 0 aliphatic heterocycles. The van der Waals surface area contributed by atoms with Crippen LogP contribution in [0.2, 0.25) is 0 Å². The minimum Gasteiger partial charge on any atom is -0.347 e. The van der Waals surface area contributed by atoms with E-state index >= 15 is 0 Å². The maximum atomic E-state index is 5.35. The second-order valence-electron chi connectivity index (χ2n) is 2.95. The fourth-order valence-corrected chi connectivity index (χ4v) is 2.98. The van der Waals surface area contributed by atoms with Crippen molar-refractivity contribution >= 4 is 7.26 Å². The van der Waals surface area contributed by atoms with Gasteiger partial charge in [-0.05, 0) is 20.8 Å². The van der Waals surface area contributed by atoms with Gasteiger partial charge in [0.1, 0.15) is 0 Å². The van der Waals surface area contributed by atoms with Gasteiger partial charge >= 0.3 is 0 Å². The molecule has 0 aliphatic rings. The zero-order valence-electron chi connectivity index (χ0n) is 7.85. The smallest absolute Gasteiger partial charge is 0.163 e. The quantitative estimate of drug-likeness (QED) is 0.579. The average Bonchev–Trinajstić information content (AvgIpc) is 2.01. The van der Waals surface area contributed by atoms with E-state index in [-0.39, 0.29) is 0 Å². The lowest BCUT2D eigenvalue weighted by atomic mass is 10.8. The highest BCUT2D eigenvalue weighted by atomic mass is 31.2. The molecule has 62 valence electrons. The zero-order valence-corrected chi connectivity index (χ0v) is 8.74. The van der Waals surface area contributed by atoms with Gasteiger partial charge in [-0.15, -0.1) is 0 Å². The van der Waals surface area contributed by atoms with Crippen molar-refractivity contribution in [3.8, 4) is 0 Å². The van der Waals surface area contributed by atoms with Crippen molar-refractivity contribution in [1.29, 1.82) is 0 Å². The Morgan fingerprint density at radius 2 is 1.70 bits per heavy atom. The number of hydrogen-bond donors (Lipinski definition) is 0. The molecule has 10 heavy (non-hydrogen) atoms. The summed E-state index contributed by atoms with van der Waals surface area (Å²) in [4.78, 5) is 0. The largest absolute Gasteiger partial charge is 0.347 e. The molecule has 0 heterocycles. The lowest BCUT2D eigenvalue weighted by Crippen LogP contribution is -2.14. The third kappa shape index (κ3) is 2.21. The Bertz CT molecular complexity index is 89.3. The molecule has 0 fully saturated rings. The number of hydrogen-bond acceptors (Lipinski definition) is 1. The summed E-state index contributed by atoms with van der Waals surface area (Å²) < 4.78 is 5.35. The first-order chi connectivity index (χ1) is 4.60. The standard InChI is InChI=1S/C8H20OP/c1-6-10(5,7-2)8(3)9-4/h8H,6-7H2,1-5H3/q+1. The Balaban J connectivity index is 4.02. The Labute approximate surface area is 65.5 Å². The molecular weight excluding hydrogens is 143 g/mol. The van der Waals surface area contributed by atoms with Crippen LogP contribution >= 0.6 is 7.26 Å². The molecule has 1 nitrogen and oxygen atoms in total. The van der Waals surface area contributed by atoms with Crippen LogP contribution in [0.3, 0.4) is 0 Å². The van der Waals surface area contributed by atoms with E-state index in [4.69, 9.17) is 4.74 Å². The summed E-state index contributed by atoms with van der Waals surface area (Å²) in [7, 11) is 1.07. The molecule has 0 amide bonds. The van der Waals surface area contributed by atoms with Gasteiger partial charge in [0, 0.05) is 14.4 Å². The van der Waals surface area contributed by atoms with Crippen molar-refractivity contribution in [2.24, 2.45) is 0 Å². The van der Waals surface area contributed by atoms with Crippen molar-refractivity contribution in [3.63, 3.8) is 0 Å². The summed E-state index contributed by atoms with van der Waals surface area (Å²) in [6.07, 6.45) is 2.61. The summed E-state index contributed by atoms with van der Waals surface area (Å²) in [5.74, 6) is 0.488. The second kappa shape index (κ2) is 4.31. The number of rotatable bonds is 4. The fourth-order valence-electron chi connectivity index (χ4n) is 0.992. The molecule has 0 aromatic rings. The van der Waals surface area contributed by atoms with Crippen LogP contribution in [0.5, 0.6) is 0 Å². The van der Waals surface area contributed by atoms with E-state index < -0.39 is 7.26 Å². The predicted molar refractivity (Wildman–Crippen MR) is 50.4 cm³/mol. The van der Waals surface area contributed by atoms with E-state index in [0.717, 1.165) is 0 Å². The highest BCUT2D eigenvalue weighted by Crippen LogP contribution is 2.58. The van der Waals surface area contributed by atoms with Crippen molar-refractivity contribution in [1.82, 2.24) is 0 Å². The minimum absolute atomic E-state index is 0.488. The third-order valence-corrected chi connectivity index (χ3v) is 7.52. The van der Waals surface area contributed by atoms with Crippen LogP contribution in [-0.4, -0.2) is 31.9 Å². The monoisotopic (exact) mass is 163 g/mol. The second-order valence-corrected chi connectivity index (χ2v) is 7.90. The van der Waals surface area contributed by atoms with Crippen LogP contribution in [0.4, 0.5) is 0 Å². The predicted octanol–water partition coefficient (Wildman–Crippen LogP) is 2.67. The number of methoxy groups -OCH3 is 1. The zero-order chi connectivity index (χ0) is 8.20. The van der Waals surface area contributed by atoms with Gasteiger partial charge in [0.05, 0.1) is 19.0 Å². The Morgan fingerprint density at radius 3 is 1.80 bits per heavy atom. The molecule has 0 aromatic carbocycles. The summed E-state index contributed by atoms with van der Waals surface area (Å²) in [5, 5.41) is 0. The normalized spacial score (nSPS) is 15.3. The van der Waals surface area contributed by atoms with Crippen LogP contribution in [0.1, 0.15) is 20.8 Å². The van der Waals surface area contributed by atoms with E-state index in [1.54, 1.807) is 0 Å². The first kappa shape index (κ1) is 10.4. The van der Waals surface area contributed by atoms with E-state index in [0.29, 0.717) is 5.85 Å². The van der Waals surface area contributed by atoms with Crippen molar-refractivity contribution in [3.05, 3.63) is 0 Å². The van der Waals surface area contributed by atoms with Crippen molar-refractivity contribution in [2.75, 3.05) is 26.1 Å². The Hall–Kier alpha value is 0.390. The van der Waals surface area contributed by atoms with Crippen LogP contribution in [-0.2, 0) is 4.74 Å².